The van der Waals surface area contributed by atoms with E-state index < -0.39 is 5.97 Å². The van der Waals surface area contributed by atoms with Gasteiger partial charge in [-0.2, -0.15) is 0 Å². The number of fused-ring (bicyclic) bond motifs is 1. The number of aliphatic hydroxyl groups excluding tert-OH is 1. The Labute approximate surface area is 141 Å². The normalized spacial score (nSPS) is 16.0. The standard InChI is InChI=1S/C16H16N4O3S/c21-10-3-5-19(6-4-10)15-9-17-8-14-18-7-11(20(14)15)12-1-2-13(24-12)16(22)23/h1-2,7-10,21H,3-6H2,(H,22,23). The van der Waals surface area contributed by atoms with Gasteiger partial charge in [0, 0.05) is 13.1 Å². The summed E-state index contributed by atoms with van der Waals surface area (Å²) < 4.78 is 2.00. The molecule has 0 spiro atoms. The van der Waals surface area contributed by atoms with Crippen LogP contribution in [-0.2, 0) is 0 Å². The maximum atomic E-state index is 11.1. The molecular formula is C16H16N4O3S. The largest absolute Gasteiger partial charge is 0.477 e. The van der Waals surface area contributed by atoms with Crippen LogP contribution >= 0.6 is 11.3 Å². The van der Waals surface area contributed by atoms with Crippen LogP contribution in [-0.4, -0.2) is 49.7 Å². The number of anilines is 1. The number of imidazole rings is 1. The van der Waals surface area contributed by atoms with Crippen molar-refractivity contribution in [3.05, 3.63) is 35.6 Å². The smallest absolute Gasteiger partial charge is 0.345 e. The van der Waals surface area contributed by atoms with Gasteiger partial charge in [-0.25, -0.2) is 9.78 Å². The molecule has 24 heavy (non-hydrogen) atoms. The Hall–Kier alpha value is -2.45. The van der Waals surface area contributed by atoms with Gasteiger partial charge in [-0.05, 0) is 25.0 Å². The third-order valence-electron chi connectivity index (χ3n) is 4.26. The van der Waals surface area contributed by atoms with Crippen LogP contribution in [0.25, 0.3) is 16.2 Å². The van der Waals surface area contributed by atoms with E-state index in [2.05, 4.69) is 14.9 Å². The third kappa shape index (κ3) is 2.53. The number of nitrogens with zero attached hydrogens (tertiary/aromatic N) is 4. The third-order valence-corrected chi connectivity index (χ3v) is 5.35. The van der Waals surface area contributed by atoms with Crippen LogP contribution in [0.2, 0.25) is 0 Å². The Kier molecular flexibility index (Phi) is 3.70. The van der Waals surface area contributed by atoms with Crippen molar-refractivity contribution in [3.63, 3.8) is 0 Å². The van der Waals surface area contributed by atoms with Crippen LogP contribution in [0.5, 0.6) is 0 Å². The Morgan fingerprint density at radius 3 is 2.71 bits per heavy atom. The number of hydrogen-bond acceptors (Lipinski definition) is 6. The molecule has 4 heterocycles. The molecule has 0 aromatic carbocycles. The fraction of sp³-hybridized carbons (Fsp3) is 0.312. The molecule has 0 radical (unpaired) electrons. The lowest BCUT2D eigenvalue weighted by Gasteiger charge is -2.31. The van der Waals surface area contributed by atoms with Crippen molar-refractivity contribution in [2.75, 3.05) is 18.0 Å². The molecule has 4 rings (SSSR count). The lowest BCUT2D eigenvalue weighted by atomic mass is 10.1. The van der Waals surface area contributed by atoms with E-state index in [9.17, 15) is 9.90 Å². The first-order chi connectivity index (χ1) is 11.6. The fourth-order valence-electron chi connectivity index (χ4n) is 3.01. The Morgan fingerprint density at radius 2 is 2.00 bits per heavy atom. The van der Waals surface area contributed by atoms with Crippen molar-refractivity contribution in [2.45, 2.75) is 18.9 Å². The fourth-order valence-corrected chi connectivity index (χ4v) is 3.85. The molecule has 1 aliphatic heterocycles. The average Bonchev–Trinajstić information content (AvgIpc) is 3.22. The highest BCUT2D eigenvalue weighted by Gasteiger charge is 2.21. The summed E-state index contributed by atoms with van der Waals surface area (Å²) >= 11 is 1.23. The van der Waals surface area contributed by atoms with E-state index >= 15 is 0 Å². The van der Waals surface area contributed by atoms with Gasteiger partial charge in [0.2, 0.25) is 0 Å². The number of carboxylic acid groups (broad SMARTS) is 1. The number of aliphatic hydroxyl groups is 1. The topological polar surface area (TPSA) is 91.0 Å². The predicted octanol–water partition coefficient (Wildman–Crippen LogP) is 2.12. The summed E-state index contributed by atoms with van der Waals surface area (Å²) in [6.45, 7) is 1.51. The van der Waals surface area contributed by atoms with E-state index in [0.29, 0.717) is 4.88 Å². The maximum absolute atomic E-state index is 11.1. The molecule has 0 saturated carbocycles. The molecule has 0 unspecified atom stereocenters. The summed E-state index contributed by atoms with van der Waals surface area (Å²) in [5.74, 6) is -0.0100. The van der Waals surface area contributed by atoms with Crippen molar-refractivity contribution in [3.8, 4) is 10.6 Å². The van der Waals surface area contributed by atoms with Crippen molar-refractivity contribution in [2.24, 2.45) is 0 Å². The summed E-state index contributed by atoms with van der Waals surface area (Å²) in [5.41, 5.74) is 1.57. The second kappa shape index (κ2) is 5.88. The first kappa shape index (κ1) is 15.1. The number of aromatic nitrogens is 3. The highest BCUT2D eigenvalue weighted by molar-refractivity contribution is 7.17. The summed E-state index contributed by atoms with van der Waals surface area (Å²) in [6, 6.07) is 3.42. The number of carboxylic acids is 1. The summed E-state index contributed by atoms with van der Waals surface area (Å²) in [6.07, 6.45) is 6.44. The number of rotatable bonds is 3. The minimum absolute atomic E-state index is 0.244. The lowest BCUT2D eigenvalue weighted by molar-refractivity contribution is 0.0702. The van der Waals surface area contributed by atoms with Gasteiger partial charge in [-0.3, -0.25) is 9.38 Å². The average molecular weight is 344 g/mol. The molecule has 1 fully saturated rings. The van der Waals surface area contributed by atoms with Crippen LogP contribution in [0.15, 0.2) is 30.7 Å². The molecule has 3 aromatic heterocycles. The lowest BCUT2D eigenvalue weighted by Crippen LogP contribution is -2.36. The zero-order chi connectivity index (χ0) is 16.7. The van der Waals surface area contributed by atoms with Gasteiger partial charge < -0.3 is 15.1 Å². The van der Waals surface area contributed by atoms with E-state index in [1.165, 1.54) is 11.3 Å². The molecule has 3 aromatic rings. The van der Waals surface area contributed by atoms with Crippen LogP contribution in [0, 0.1) is 0 Å². The van der Waals surface area contributed by atoms with Crippen LogP contribution < -0.4 is 4.90 Å². The number of hydrogen-bond donors (Lipinski definition) is 2. The number of thiophene rings is 1. The van der Waals surface area contributed by atoms with E-state index in [1.807, 2.05) is 10.5 Å². The predicted molar refractivity (Wildman–Crippen MR) is 90.7 cm³/mol. The molecule has 7 nitrogen and oxygen atoms in total. The number of carbonyl (C=O) groups is 1. The molecule has 0 aliphatic carbocycles. The zero-order valence-corrected chi connectivity index (χ0v) is 13.6. The highest BCUT2D eigenvalue weighted by Crippen LogP contribution is 2.32. The maximum Gasteiger partial charge on any atom is 0.345 e. The van der Waals surface area contributed by atoms with Gasteiger partial charge in [0.25, 0.3) is 0 Å². The van der Waals surface area contributed by atoms with Crippen molar-refractivity contribution in [1.82, 2.24) is 14.4 Å². The molecule has 2 N–H and O–H groups in total. The summed E-state index contributed by atoms with van der Waals surface area (Å²) in [7, 11) is 0. The number of piperidine rings is 1. The minimum atomic E-state index is -0.924. The summed E-state index contributed by atoms with van der Waals surface area (Å²) in [5, 5.41) is 18.9. The molecule has 0 atom stereocenters. The van der Waals surface area contributed by atoms with E-state index in [-0.39, 0.29) is 6.10 Å². The van der Waals surface area contributed by atoms with Crippen molar-refractivity contribution >= 4 is 28.8 Å². The second-order valence-corrected chi connectivity index (χ2v) is 6.87. The van der Waals surface area contributed by atoms with E-state index in [0.717, 1.165) is 48.0 Å². The molecule has 1 saturated heterocycles. The van der Waals surface area contributed by atoms with Crippen molar-refractivity contribution in [1.29, 1.82) is 0 Å². The molecule has 124 valence electrons. The van der Waals surface area contributed by atoms with E-state index in [1.54, 1.807) is 24.7 Å². The van der Waals surface area contributed by atoms with Gasteiger partial charge in [-0.1, -0.05) is 0 Å². The first-order valence-electron chi connectivity index (χ1n) is 7.71. The number of aromatic carboxylic acids is 1. The quantitative estimate of drug-likeness (QED) is 0.756. The Bertz CT molecular complexity index is 896. The molecule has 1 aliphatic rings. The first-order valence-corrected chi connectivity index (χ1v) is 8.53. The molecule has 0 amide bonds. The Morgan fingerprint density at radius 1 is 1.21 bits per heavy atom. The van der Waals surface area contributed by atoms with Gasteiger partial charge in [0.05, 0.1) is 35.3 Å². The SMILES string of the molecule is O=C(O)c1ccc(-c2cnc3cncc(N4CCC(O)CC4)n23)s1. The monoisotopic (exact) mass is 344 g/mol. The van der Waals surface area contributed by atoms with Gasteiger partial charge in [0.1, 0.15) is 10.7 Å². The van der Waals surface area contributed by atoms with Crippen LogP contribution in [0.3, 0.4) is 0 Å². The van der Waals surface area contributed by atoms with Gasteiger partial charge in [0.15, 0.2) is 5.65 Å². The van der Waals surface area contributed by atoms with Crippen LogP contribution in [0.4, 0.5) is 5.82 Å². The minimum Gasteiger partial charge on any atom is -0.477 e. The van der Waals surface area contributed by atoms with Gasteiger partial charge in [-0.15, -0.1) is 11.3 Å². The highest BCUT2D eigenvalue weighted by atomic mass is 32.1. The van der Waals surface area contributed by atoms with Crippen molar-refractivity contribution < 1.29 is 15.0 Å². The molecule has 0 bridgehead atoms. The van der Waals surface area contributed by atoms with E-state index in [4.69, 9.17) is 5.11 Å². The molecule has 8 heteroatoms. The van der Waals surface area contributed by atoms with Crippen LogP contribution in [0.1, 0.15) is 22.5 Å². The Balaban J connectivity index is 1.80. The second-order valence-electron chi connectivity index (χ2n) is 5.79. The zero-order valence-electron chi connectivity index (χ0n) is 12.8. The van der Waals surface area contributed by atoms with Gasteiger partial charge >= 0.3 is 5.97 Å². The summed E-state index contributed by atoms with van der Waals surface area (Å²) in [4.78, 5) is 23.1. The molecular weight excluding hydrogens is 328 g/mol.